The Morgan fingerprint density at radius 2 is 1.47 bits per heavy atom. The fourth-order valence-electron chi connectivity index (χ4n) is 3.57. The van der Waals surface area contributed by atoms with Crippen molar-refractivity contribution in [2.75, 3.05) is 6.54 Å². The van der Waals surface area contributed by atoms with Gasteiger partial charge in [0.1, 0.15) is 0 Å². The molecule has 0 aliphatic heterocycles. The van der Waals surface area contributed by atoms with Crippen molar-refractivity contribution in [1.29, 1.82) is 0 Å². The Labute approximate surface area is 93.2 Å². The molecule has 2 heteroatoms. The minimum Gasteiger partial charge on any atom is -0.390 e. The zero-order chi connectivity index (χ0) is 10.8. The van der Waals surface area contributed by atoms with Crippen LogP contribution in [0.4, 0.5) is 0 Å². The van der Waals surface area contributed by atoms with Crippen molar-refractivity contribution < 1.29 is 5.11 Å². The predicted molar refractivity (Wildman–Crippen MR) is 62.6 cm³/mol. The van der Waals surface area contributed by atoms with Gasteiger partial charge in [0.05, 0.1) is 5.60 Å². The van der Waals surface area contributed by atoms with E-state index in [2.05, 4.69) is 0 Å². The number of rotatable bonds is 2. The summed E-state index contributed by atoms with van der Waals surface area (Å²) < 4.78 is 0. The lowest BCUT2D eigenvalue weighted by atomic mass is 9.62. The molecule has 2 aliphatic carbocycles. The highest BCUT2D eigenvalue weighted by atomic mass is 16.3. The molecule has 0 aromatic carbocycles. The summed E-state index contributed by atoms with van der Waals surface area (Å²) in [6.07, 6.45) is 12.3. The first-order valence-electron chi connectivity index (χ1n) is 6.61. The fourth-order valence-corrected chi connectivity index (χ4v) is 3.57. The maximum atomic E-state index is 10.3. The van der Waals surface area contributed by atoms with Gasteiger partial charge in [0.15, 0.2) is 0 Å². The van der Waals surface area contributed by atoms with Crippen molar-refractivity contribution in [1.82, 2.24) is 0 Å². The molecule has 0 heterocycles. The molecular weight excluding hydrogens is 186 g/mol. The molecule has 0 aromatic heterocycles. The molecule has 0 atom stereocenters. The summed E-state index contributed by atoms with van der Waals surface area (Å²) in [5.74, 6) is 0. The second-order valence-corrected chi connectivity index (χ2v) is 5.82. The van der Waals surface area contributed by atoms with Gasteiger partial charge in [-0.25, -0.2) is 0 Å². The lowest BCUT2D eigenvalue weighted by Crippen LogP contribution is -2.41. The summed E-state index contributed by atoms with van der Waals surface area (Å²) in [4.78, 5) is 0. The molecule has 2 aliphatic rings. The summed E-state index contributed by atoms with van der Waals surface area (Å²) >= 11 is 0. The van der Waals surface area contributed by atoms with Crippen molar-refractivity contribution in [3.8, 4) is 0 Å². The van der Waals surface area contributed by atoms with Crippen LogP contribution in [0.1, 0.15) is 64.2 Å². The van der Waals surface area contributed by atoms with Gasteiger partial charge < -0.3 is 10.8 Å². The quantitative estimate of drug-likeness (QED) is 0.737. The van der Waals surface area contributed by atoms with Crippen molar-refractivity contribution in [3.63, 3.8) is 0 Å². The maximum absolute atomic E-state index is 10.3. The van der Waals surface area contributed by atoms with Crippen LogP contribution in [0.25, 0.3) is 0 Å². The Bertz CT molecular complexity index is 199. The average Bonchev–Trinajstić information content (AvgIpc) is 2.25. The molecule has 2 rings (SSSR count). The number of nitrogens with two attached hydrogens (primary N) is 1. The third kappa shape index (κ3) is 2.54. The van der Waals surface area contributed by atoms with E-state index in [-0.39, 0.29) is 0 Å². The van der Waals surface area contributed by atoms with Crippen LogP contribution in [-0.4, -0.2) is 17.3 Å². The Morgan fingerprint density at radius 3 is 2.00 bits per heavy atom. The van der Waals surface area contributed by atoms with E-state index in [1.807, 2.05) is 0 Å². The molecule has 0 unspecified atom stereocenters. The summed E-state index contributed by atoms with van der Waals surface area (Å²) in [6, 6.07) is 0. The monoisotopic (exact) mass is 211 g/mol. The molecule has 0 saturated heterocycles. The van der Waals surface area contributed by atoms with Gasteiger partial charge in [-0.3, -0.25) is 0 Å². The molecule has 0 bridgehead atoms. The first-order chi connectivity index (χ1) is 7.18. The molecule has 0 aromatic rings. The van der Waals surface area contributed by atoms with Gasteiger partial charge in [-0.15, -0.1) is 0 Å². The zero-order valence-corrected chi connectivity index (χ0v) is 9.80. The van der Waals surface area contributed by atoms with Crippen LogP contribution in [-0.2, 0) is 0 Å². The van der Waals surface area contributed by atoms with Crippen molar-refractivity contribution in [3.05, 3.63) is 0 Å². The van der Waals surface area contributed by atoms with Crippen LogP contribution in [0, 0.1) is 5.41 Å². The van der Waals surface area contributed by atoms with Crippen LogP contribution in [0.2, 0.25) is 0 Å². The third-order valence-corrected chi connectivity index (χ3v) is 4.77. The lowest BCUT2D eigenvalue weighted by molar-refractivity contribution is -0.0479. The Balaban J connectivity index is 1.90. The topological polar surface area (TPSA) is 46.2 Å². The summed E-state index contributed by atoms with van der Waals surface area (Å²) in [5, 5.41) is 10.3. The smallest absolute Gasteiger partial charge is 0.0660 e. The van der Waals surface area contributed by atoms with Gasteiger partial charge >= 0.3 is 0 Å². The van der Waals surface area contributed by atoms with Crippen molar-refractivity contribution >= 4 is 0 Å². The van der Waals surface area contributed by atoms with Crippen LogP contribution in [0.5, 0.6) is 0 Å². The summed E-state index contributed by atoms with van der Waals surface area (Å²) in [5.41, 5.74) is 5.75. The van der Waals surface area contributed by atoms with E-state index in [1.165, 1.54) is 44.9 Å². The average molecular weight is 211 g/mol. The first kappa shape index (κ1) is 11.4. The van der Waals surface area contributed by atoms with Gasteiger partial charge in [0.2, 0.25) is 0 Å². The van der Waals surface area contributed by atoms with Crippen molar-refractivity contribution in [2.24, 2.45) is 11.1 Å². The standard InChI is InChI=1S/C13H25NO/c14-11-10-13(15)8-6-12(7-9-13)4-2-1-3-5-12/h15H,1-11,14H2. The van der Waals surface area contributed by atoms with E-state index in [9.17, 15) is 5.11 Å². The second kappa shape index (κ2) is 4.42. The predicted octanol–water partition coefficient (Wildman–Crippen LogP) is 2.59. The van der Waals surface area contributed by atoms with Crippen LogP contribution >= 0.6 is 0 Å². The Kier molecular flexibility index (Phi) is 3.36. The van der Waals surface area contributed by atoms with E-state index in [0.29, 0.717) is 12.0 Å². The van der Waals surface area contributed by atoms with Gasteiger partial charge in [-0.2, -0.15) is 0 Å². The minimum atomic E-state index is -0.419. The molecule has 2 fully saturated rings. The Hall–Kier alpha value is -0.0800. The molecule has 0 radical (unpaired) electrons. The summed E-state index contributed by atoms with van der Waals surface area (Å²) in [6.45, 7) is 0.628. The normalized spacial score (nSPS) is 29.2. The van der Waals surface area contributed by atoms with Gasteiger partial charge in [0, 0.05) is 0 Å². The highest BCUT2D eigenvalue weighted by Gasteiger charge is 2.41. The molecule has 2 nitrogen and oxygen atoms in total. The number of hydrogen-bond acceptors (Lipinski definition) is 2. The Morgan fingerprint density at radius 1 is 0.867 bits per heavy atom. The number of hydrogen-bond donors (Lipinski definition) is 2. The molecule has 3 N–H and O–H groups in total. The van der Waals surface area contributed by atoms with Crippen molar-refractivity contribution in [2.45, 2.75) is 69.8 Å². The third-order valence-electron chi connectivity index (χ3n) is 4.77. The molecule has 0 amide bonds. The largest absolute Gasteiger partial charge is 0.390 e. The van der Waals surface area contributed by atoms with Gasteiger partial charge in [-0.05, 0) is 56.9 Å². The minimum absolute atomic E-state index is 0.419. The van der Waals surface area contributed by atoms with Crippen LogP contribution in [0.15, 0.2) is 0 Å². The SMILES string of the molecule is NCCC1(O)CCC2(CCCCC2)CC1. The van der Waals surface area contributed by atoms with Crippen LogP contribution < -0.4 is 5.73 Å². The van der Waals surface area contributed by atoms with E-state index in [4.69, 9.17) is 5.73 Å². The fraction of sp³-hybridized carbons (Fsp3) is 1.00. The first-order valence-corrected chi connectivity index (χ1v) is 6.61. The van der Waals surface area contributed by atoms with E-state index >= 15 is 0 Å². The highest BCUT2D eigenvalue weighted by molar-refractivity contribution is 4.94. The van der Waals surface area contributed by atoms with E-state index in [1.54, 1.807) is 0 Å². The highest BCUT2D eigenvalue weighted by Crippen LogP contribution is 2.50. The molecule has 2 saturated carbocycles. The van der Waals surface area contributed by atoms with Crippen LogP contribution in [0.3, 0.4) is 0 Å². The van der Waals surface area contributed by atoms with E-state index in [0.717, 1.165) is 19.3 Å². The molecule has 88 valence electrons. The van der Waals surface area contributed by atoms with E-state index < -0.39 is 5.60 Å². The molecule has 1 spiro atoms. The maximum Gasteiger partial charge on any atom is 0.0660 e. The molecular formula is C13H25NO. The zero-order valence-electron chi connectivity index (χ0n) is 9.80. The molecule has 15 heavy (non-hydrogen) atoms. The van der Waals surface area contributed by atoms with Gasteiger partial charge in [0.25, 0.3) is 0 Å². The number of aliphatic hydroxyl groups is 1. The lowest BCUT2D eigenvalue weighted by Gasteiger charge is -2.46. The van der Waals surface area contributed by atoms with Gasteiger partial charge in [-0.1, -0.05) is 19.3 Å². The summed E-state index contributed by atoms with van der Waals surface area (Å²) in [7, 11) is 0. The second-order valence-electron chi connectivity index (χ2n) is 5.82.